The first-order chi connectivity index (χ1) is 12.2. The van der Waals surface area contributed by atoms with Crippen LogP contribution in [0.25, 0.3) is 0 Å². The lowest BCUT2D eigenvalue weighted by molar-refractivity contribution is -0.927. The van der Waals surface area contributed by atoms with Gasteiger partial charge in [0.15, 0.2) is 0 Å². The highest BCUT2D eigenvalue weighted by molar-refractivity contribution is 7.79. The van der Waals surface area contributed by atoms with Crippen LogP contribution in [0, 0.1) is 0 Å². The Kier molecular flexibility index (Phi) is 19.6. The Morgan fingerprint density at radius 2 is 0.885 bits per heavy atom. The van der Waals surface area contributed by atoms with Crippen molar-refractivity contribution in [2.24, 2.45) is 0 Å². The Morgan fingerprint density at radius 1 is 0.615 bits per heavy atom. The van der Waals surface area contributed by atoms with Gasteiger partial charge >= 0.3 is 1.43 Å². The molecule has 0 amide bonds. The third-order valence-electron chi connectivity index (χ3n) is 5.13. The molecule has 0 fully saturated rings. The van der Waals surface area contributed by atoms with E-state index in [-0.39, 0.29) is 1.43 Å². The van der Waals surface area contributed by atoms with E-state index >= 15 is 0 Å². The predicted octanol–water partition coefficient (Wildman–Crippen LogP) is 5.34. The summed E-state index contributed by atoms with van der Waals surface area (Å²) in [6.07, 6.45) is 17.0. The van der Waals surface area contributed by atoms with Crippen molar-refractivity contribution in [3.05, 3.63) is 0 Å². The zero-order valence-electron chi connectivity index (χ0n) is 18.8. The Labute approximate surface area is 165 Å². The molecule has 26 heavy (non-hydrogen) atoms. The molecule has 5 nitrogen and oxygen atoms in total. The van der Waals surface area contributed by atoms with Gasteiger partial charge in [0.1, 0.15) is 0 Å². The molecule has 0 saturated heterocycles. The first kappa shape index (κ1) is 28.0. The van der Waals surface area contributed by atoms with Gasteiger partial charge in [0, 0.05) is 10.4 Å². The van der Waals surface area contributed by atoms with E-state index in [0.29, 0.717) is 0 Å². The molecule has 0 unspecified atom stereocenters. The molecule has 6 heteroatoms. The molecule has 0 atom stereocenters. The summed E-state index contributed by atoms with van der Waals surface area (Å²) in [5.74, 6) is 0. The molecule has 0 aromatic rings. The van der Waals surface area contributed by atoms with Crippen LogP contribution >= 0.6 is 0 Å². The fourth-order valence-corrected chi connectivity index (χ4v) is 3.43. The van der Waals surface area contributed by atoms with E-state index in [4.69, 9.17) is 17.5 Å². The second-order valence-electron chi connectivity index (χ2n) is 7.42. The Balaban J connectivity index is -0.000000844. The number of quaternary nitrogens is 1. The highest BCUT2D eigenvalue weighted by atomic mass is 32.3. The summed E-state index contributed by atoms with van der Waals surface area (Å²) >= 11 is 0. The predicted molar refractivity (Wildman–Crippen MR) is 109 cm³/mol. The Hall–Kier alpha value is -0.170. The molecule has 0 radical (unpaired) electrons. The fraction of sp³-hybridized carbons (Fsp3) is 1.00. The smallest absolute Gasteiger partial charge is 0.759 e. The molecule has 0 aliphatic heterocycles. The van der Waals surface area contributed by atoms with E-state index in [1.54, 1.807) is 0 Å². The van der Waals surface area contributed by atoms with E-state index in [0.717, 1.165) is 0 Å². The number of rotatable bonds is 16. The van der Waals surface area contributed by atoms with E-state index in [1.165, 1.54) is 108 Å². The molecule has 0 N–H and O–H groups in total. The quantitative estimate of drug-likeness (QED) is 0.153. The molecule has 0 spiro atoms. The van der Waals surface area contributed by atoms with Crippen molar-refractivity contribution >= 4 is 10.4 Å². The van der Waals surface area contributed by atoms with Gasteiger partial charge in [-0.1, -0.05) is 59.3 Å². The molecule has 0 bridgehead atoms. The van der Waals surface area contributed by atoms with Gasteiger partial charge in [-0.3, -0.25) is 8.42 Å². The Bertz CT molecular complexity index is 352. The maximum absolute atomic E-state index is 8.52. The van der Waals surface area contributed by atoms with Crippen LogP contribution in [-0.4, -0.2) is 48.2 Å². The molecule has 0 aliphatic carbocycles. The van der Waals surface area contributed by atoms with Gasteiger partial charge in [0.05, 0.1) is 26.2 Å². The number of unbranched alkanes of at least 4 members (excludes halogenated alkanes) is 9. The molecule has 0 heterocycles. The van der Waals surface area contributed by atoms with E-state index in [1.807, 2.05) is 0 Å². The van der Waals surface area contributed by atoms with E-state index in [2.05, 4.69) is 27.7 Å². The highest BCUT2D eigenvalue weighted by Crippen LogP contribution is 2.17. The summed E-state index contributed by atoms with van der Waals surface area (Å²) in [5, 5.41) is 0. The van der Waals surface area contributed by atoms with Gasteiger partial charge in [0.25, 0.3) is 0 Å². The van der Waals surface area contributed by atoms with Gasteiger partial charge in [-0.2, -0.15) is 0 Å². The maximum atomic E-state index is 8.52. The largest absolute Gasteiger partial charge is 1.00 e. The zero-order valence-corrected chi connectivity index (χ0v) is 18.6. The minimum atomic E-state index is -5.17. The van der Waals surface area contributed by atoms with Gasteiger partial charge in [0.2, 0.25) is 0 Å². The van der Waals surface area contributed by atoms with Crippen LogP contribution in [0.1, 0.15) is 106 Å². The Morgan fingerprint density at radius 3 is 1.08 bits per heavy atom. The number of hydrogen-bond acceptors (Lipinski definition) is 4. The van der Waals surface area contributed by atoms with Crippen LogP contribution < -0.4 is 0 Å². The van der Waals surface area contributed by atoms with Gasteiger partial charge in [-0.25, -0.2) is 0 Å². The van der Waals surface area contributed by atoms with Crippen molar-refractivity contribution in [1.82, 2.24) is 0 Å². The van der Waals surface area contributed by atoms with Crippen LogP contribution in [0.15, 0.2) is 0 Å². The SMILES string of the molecule is CCCCCC[N+](CC)(CCCCCC)CCCCCC.O=S(=O)([O-])[O-].[H+]. The molecule has 160 valence electrons. The first-order valence-corrected chi connectivity index (χ1v) is 12.1. The van der Waals surface area contributed by atoms with Gasteiger partial charge in [-0.15, -0.1) is 0 Å². The molecular formula is C20H45NO4S. The van der Waals surface area contributed by atoms with Crippen molar-refractivity contribution in [3.8, 4) is 0 Å². The van der Waals surface area contributed by atoms with Crippen molar-refractivity contribution in [2.45, 2.75) is 105 Å². The second kappa shape index (κ2) is 18.2. The summed E-state index contributed by atoms with van der Waals surface area (Å²) in [6.45, 7) is 15.0. The minimum absolute atomic E-state index is 0. The average Bonchev–Trinajstić information content (AvgIpc) is 2.57. The second-order valence-corrected chi connectivity index (χ2v) is 8.24. The standard InChI is InChI=1S/C20H44N.H2O4S/c1-5-9-12-15-18-21(8-4,19-16-13-10-6-2)20-17-14-11-7-3;1-5(2,3)4/h5-20H2,1-4H3;(H2,1,2,3,4)/q+1;/p-1. The third kappa shape index (κ3) is 21.9. The van der Waals surface area contributed by atoms with E-state index < -0.39 is 10.4 Å². The van der Waals surface area contributed by atoms with Crippen LogP contribution in [0.2, 0.25) is 0 Å². The summed E-state index contributed by atoms with van der Waals surface area (Å²) in [6, 6.07) is 0. The molecular weight excluding hydrogens is 350 g/mol. The van der Waals surface area contributed by atoms with Crippen molar-refractivity contribution in [3.63, 3.8) is 0 Å². The minimum Gasteiger partial charge on any atom is -0.759 e. The van der Waals surface area contributed by atoms with Gasteiger partial charge < -0.3 is 13.6 Å². The van der Waals surface area contributed by atoms with Gasteiger partial charge in [-0.05, 0) is 45.4 Å². The monoisotopic (exact) mass is 395 g/mol. The first-order valence-electron chi connectivity index (χ1n) is 10.8. The summed E-state index contributed by atoms with van der Waals surface area (Å²) in [4.78, 5) is 0. The van der Waals surface area contributed by atoms with Crippen molar-refractivity contribution in [2.75, 3.05) is 26.2 Å². The molecule has 0 aliphatic rings. The topological polar surface area (TPSA) is 80.3 Å². The summed E-state index contributed by atoms with van der Waals surface area (Å²) < 4.78 is 35.5. The van der Waals surface area contributed by atoms with E-state index in [9.17, 15) is 0 Å². The zero-order chi connectivity index (χ0) is 20.3. The number of nitrogens with zero attached hydrogens (tertiary/aromatic N) is 1. The lowest BCUT2D eigenvalue weighted by Crippen LogP contribution is -2.50. The molecule has 0 rings (SSSR count). The van der Waals surface area contributed by atoms with Crippen molar-refractivity contribution < 1.29 is 23.4 Å². The summed E-state index contributed by atoms with van der Waals surface area (Å²) in [7, 11) is -5.17. The van der Waals surface area contributed by atoms with Crippen LogP contribution in [0.5, 0.6) is 0 Å². The summed E-state index contributed by atoms with van der Waals surface area (Å²) in [5.41, 5.74) is 0. The normalized spacial score (nSPS) is 11.9. The average molecular weight is 396 g/mol. The van der Waals surface area contributed by atoms with Crippen LogP contribution in [-0.2, 0) is 10.4 Å². The molecule has 0 aromatic carbocycles. The third-order valence-corrected chi connectivity index (χ3v) is 5.13. The van der Waals surface area contributed by atoms with Crippen LogP contribution in [0.3, 0.4) is 0 Å². The lowest BCUT2D eigenvalue weighted by atomic mass is 10.1. The highest BCUT2D eigenvalue weighted by Gasteiger charge is 2.23. The van der Waals surface area contributed by atoms with Crippen molar-refractivity contribution in [1.29, 1.82) is 0 Å². The van der Waals surface area contributed by atoms with Crippen LogP contribution in [0.4, 0.5) is 0 Å². The lowest BCUT2D eigenvalue weighted by Gasteiger charge is -2.38. The molecule has 0 aromatic heterocycles. The fourth-order valence-electron chi connectivity index (χ4n) is 3.43. The maximum Gasteiger partial charge on any atom is 1.00 e. The number of hydrogen-bond donors (Lipinski definition) is 0. The molecule has 0 saturated carbocycles.